The highest BCUT2D eigenvalue weighted by molar-refractivity contribution is 7.91. The molecule has 0 fully saturated rings. The normalized spacial score (nSPS) is 13.6. The third-order valence-corrected chi connectivity index (χ3v) is 6.91. The average Bonchev–Trinajstić information content (AvgIpc) is 2.54. The molecule has 2 aromatic carbocycles. The van der Waals surface area contributed by atoms with Crippen molar-refractivity contribution in [2.24, 2.45) is 0 Å². The molecule has 0 spiro atoms. The summed E-state index contributed by atoms with van der Waals surface area (Å²) in [5.74, 6) is -0.0413. The Morgan fingerprint density at radius 1 is 0.920 bits per heavy atom. The van der Waals surface area contributed by atoms with E-state index in [4.69, 9.17) is 11.6 Å². The lowest BCUT2D eigenvalue weighted by Crippen LogP contribution is -2.25. The summed E-state index contributed by atoms with van der Waals surface area (Å²) in [6.07, 6.45) is 1.16. The maximum Gasteiger partial charge on any atom is 0.179 e. The molecule has 0 heterocycles. The lowest BCUT2D eigenvalue weighted by atomic mass is 10.1. The Labute approximate surface area is 153 Å². The second-order valence-corrected chi connectivity index (χ2v) is 10.4. The number of nitrogens with one attached hydrogen (secondary N) is 1. The predicted molar refractivity (Wildman–Crippen MR) is 99.5 cm³/mol. The molecule has 1 atom stereocenters. The zero-order chi connectivity index (χ0) is 18.7. The first-order valence-corrected chi connectivity index (χ1v) is 11.5. The zero-order valence-electron chi connectivity index (χ0n) is 13.9. The summed E-state index contributed by atoms with van der Waals surface area (Å²) in [5.41, 5.74) is 0.885. The summed E-state index contributed by atoms with van der Waals surface area (Å²) < 4.78 is 47.5. The van der Waals surface area contributed by atoms with Crippen LogP contribution in [0.2, 0.25) is 5.02 Å². The highest BCUT2D eigenvalue weighted by Crippen LogP contribution is 2.17. The molecule has 0 amide bonds. The van der Waals surface area contributed by atoms with Gasteiger partial charge in [0.05, 0.1) is 15.5 Å². The Bertz CT molecular complexity index is 922. The van der Waals surface area contributed by atoms with Crippen LogP contribution in [0, 0.1) is 0 Å². The number of hydrogen-bond donors (Lipinski definition) is 1. The third-order valence-electron chi connectivity index (χ3n) is 3.80. The maximum absolute atomic E-state index is 12.3. The van der Waals surface area contributed by atoms with Crippen molar-refractivity contribution in [3.05, 3.63) is 59.1 Å². The summed E-state index contributed by atoms with van der Waals surface area (Å²) in [4.78, 5) is 0.498. The molecular weight excluding hydrogens is 382 g/mol. The molecule has 0 radical (unpaired) electrons. The van der Waals surface area contributed by atoms with Crippen molar-refractivity contribution in [1.82, 2.24) is 5.32 Å². The molecule has 5 nitrogen and oxygen atoms in total. The highest BCUT2D eigenvalue weighted by Gasteiger charge is 2.15. The molecule has 0 aromatic heterocycles. The van der Waals surface area contributed by atoms with E-state index < -0.39 is 19.7 Å². The number of sulfone groups is 2. The molecule has 25 heavy (non-hydrogen) atoms. The number of benzene rings is 2. The Morgan fingerprint density at radius 2 is 1.44 bits per heavy atom. The largest absolute Gasteiger partial charge is 0.309 e. The molecule has 0 aliphatic carbocycles. The molecule has 1 N–H and O–H groups in total. The molecule has 0 saturated carbocycles. The molecule has 2 rings (SSSR count). The van der Waals surface area contributed by atoms with Gasteiger partial charge in [-0.3, -0.25) is 0 Å². The van der Waals surface area contributed by atoms with Gasteiger partial charge in [0.15, 0.2) is 19.7 Å². The summed E-state index contributed by atoms with van der Waals surface area (Å²) in [5, 5.41) is 3.63. The second kappa shape index (κ2) is 7.86. The van der Waals surface area contributed by atoms with Crippen LogP contribution in [0.3, 0.4) is 0 Å². The molecule has 0 aliphatic heterocycles. The van der Waals surface area contributed by atoms with E-state index in [-0.39, 0.29) is 28.1 Å². The minimum Gasteiger partial charge on any atom is -0.309 e. The minimum atomic E-state index is -3.38. The van der Waals surface area contributed by atoms with Crippen molar-refractivity contribution in [2.45, 2.75) is 22.8 Å². The maximum atomic E-state index is 12.3. The van der Waals surface area contributed by atoms with Crippen molar-refractivity contribution in [1.29, 1.82) is 0 Å². The lowest BCUT2D eigenvalue weighted by Gasteiger charge is -2.15. The molecular formula is C17H20ClNO4S2. The van der Waals surface area contributed by atoms with Gasteiger partial charge in [0.2, 0.25) is 0 Å². The van der Waals surface area contributed by atoms with Gasteiger partial charge < -0.3 is 5.32 Å². The lowest BCUT2D eigenvalue weighted by molar-refractivity contribution is 0.571. The van der Waals surface area contributed by atoms with Crippen molar-refractivity contribution in [3.8, 4) is 0 Å². The second-order valence-electron chi connectivity index (χ2n) is 5.79. The van der Waals surface area contributed by atoms with Gasteiger partial charge >= 0.3 is 0 Å². The highest BCUT2D eigenvalue weighted by atomic mass is 35.5. The Balaban J connectivity index is 1.96. The summed E-state index contributed by atoms with van der Waals surface area (Å²) in [7, 11) is -6.61. The predicted octanol–water partition coefficient (Wildman–Crippen LogP) is 2.87. The van der Waals surface area contributed by atoms with Crippen LogP contribution < -0.4 is 5.32 Å². The van der Waals surface area contributed by atoms with Crippen LogP contribution in [0.25, 0.3) is 0 Å². The fourth-order valence-corrected chi connectivity index (χ4v) is 4.22. The first-order valence-electron chi connectivity index (χ1n) is 7.61. The van der Waals surface area contributed by atoms with Crippen LogP contribution in [-0.4, -0.2) is 35.4 Å². The van der Waals surface area contributed by atoms with Gasteiger partial charge in [-0.1, -0.05) is 23.7 Å². The van der Waals surface area contributed by atoms with Gasteiger partial charge in [-0.05, 0) is 48.9 Å². The third kappa shape index (κ3) is 5.54. The van der Waals surface area contributed by atoms with E-state index in [0.717, 1.165) is 11.8 Å². The van der Waals surface area contributed by atoms with E-state index in [1.165, 1.54) is 12.1 Å². The first kappa shape index (κ1) is 19.9. The van der Waals surface area contributed by atoms with E-state index in [1.807, 2.05) is 6.92 Å². The molecule has 8 heteroatoms. The van der Waals surface area contributed by atoms with Gasteiger partial charge in [0.1, 0.15) is 0 Å². The topological polar surface area (TPSA) is 80.3 Å². The van der Waals surface area contributed by atoms with Crippen LogP contribution in [0.15, 0.2) is 58.3 Å². The standard InChI is InChI=1S/C17H20ClNO4S2/c1-13(14-3-7-16(8-4-14)24(2,20)21)19-11-12-25(22,23)17-9-5-15(18)6-10-17/h3-10,13,19H,11-12H2,1-2H3/t13-/m1/s1. The van der Waals surface area contributed by atoms with Crippen LogP contribution in [0.1, 0.15) is 18.5 Å². The van der Waals surface area contributed by atoms with Gasteiger partial charge in [-0.15, -0.1) is 0 Å². The SMILES string of the molecule is C[C@@H](NCCS(=O)(=O)c1ccc(Cl)cc1)c1ccc(S(C)(=O)=O)cc1. The fraction of sp³-hybridized carbons (Fsp3) is 0.294. The molecule has 0 saturated heterocycles. The Hall–Kier alpha value is -1.41. The molecule has 0 bridgehead atoms. The van der Waals surface area contributed by atoms with Crippen LogP contribution >= 0.6 is 11.6 Å². The van der Waals surface area contributed by atoms with E-state index in [1.54, 1.807) is 36.4 Å². The zero-order valence-corrected chi connectivity index (χ0v) is 16.3. The van der Waals surface area contributed by atoms with Crippen LogP contribution in [-0.2, 0) is 19.7 Å². The summed E-state index contributed by atoms with van der Waals surface area (Å²) in [6.45, 7) is 2.17. The molecule has 136 valence electrons. The van der Waals surface area contributed by atoms with Crippen molar-refractivity contribution in [3.63, 3.8) is 0 Å². The Kier molecular flexibility index (Phi) is 6.26. The van der Waals surface area contributed by atoms with E-state index >= 15 is 0 Å². The van der Waals surface area contributed by atoms with Crippen LogP contribution in [0.5, 0.6) is 0 Å². The minimum absolute atomic E-state index is 0.0413. The monoisotopic (exact) mass is 401 g/mol. The van der Waals surface area contributed by atoms with Gasteiger partial charge in [-0.25, -0.2) is 16.8 Å². The smallest absolute Gasteiger partial charge is 0.179 e. The van der Waals surface area contributed by atoms with E-state index in [2.05, 4.69) is 5.32 Å². The van der Waals surface area contributed by atoms with E-state index in [9.17, 15) is 16.8 Å². The summed E-state index contributed by atoms with van der Waals surface area (Å²) in [6, 6.07) is 12.5. The van der Waals surface area contributed by atoms with Crippen molar-refractivity contribution in [2.75, 3.05) is 18.6 Å². The van der Waals surface area contributed by atoms with Crippen molar-refractivity contribution >= 4 is 31.3 Å². The van der Waals surface area contributed by atoms with Gasteiger partial charge in [0.25, 0.3) is 0 Å². The van der Waals surface area contributed by atoms with E-state index in [0.29, 0.717) is 5.02 Å². The van der Waals surface area contributed by atoms with Gasteiger partial charge in [0, 0.05) is 23.9 Å². The molecule has 0 unspecified atom stereocenters. The van der Waals surface area contributed by atoms with Gasteiger partial charge in [-0.2, -0.15) is 0 Å². The van der Waals surface area contributed by atoms with Crippen LogP contribution in [0.4, 0.5) is 0 Å². The number of hydrogen-bond acceptors (Lipinski definition) is 5. The first-order chi connectivity index (χ1) is 11.6. The summed E-state index contributed by atoms with van der Waals surface area (Å²) >= 11 is 5.77. The average molecular weight is 402 g/mol. The Morgan fingerprint density at radius 3 is 1.96 bits per heavy atom. The number of rotatable bonds is 7. The fourth-order valence-electron chi connectivity index (χ4n) is 2.29. The quantitative estimate of drug-likeness (QED) is 0.771. The van der Waals surface area contributed by atoms with Crippen molar-refractivity contribution < 1.29 is 16.8 Å². The molecule has 0 aliphatic rings. The number of halogens is 1. The molecule has 2 aromatic rings.